The van der Waals surface area contributed by atoms with Crippen LogP contribution in [0.2, 0.25) is 0 Å². The summed E-state index contributed by atoms with van der Waals surface area (Å²) in [4.78, 5) is 20.2. The van der Waals surface area contributed by atoms with Crippen molar-refractivity contribution in [3.05, 3.63) is 58.7 Å². The van der Waals surface area contributed by atoms with Gasteiger partial charge in [-0.05, 0) is 30.2 Å². The number of carbonyl (C=O) groups excluding carboxylic acids is 1. The van der Waals surface area contributed by atoms with Gasteiger partial charge in [-0.25, -0.2) is 9.24 Å². The maximum Gasteiger partial charge on any atom is 0.261 e. The number of benzene rings is 2. The van der Waals surface area contributed by atoms with E-state index < -0.39 is 11.7 Å². The number of amides is 1. The zero-order chi connectivity index (χ0) is 18.0. The summed E-state index contributed by atoms with van der Waals surface area (Å²) in [5, 5.41) is 15.7. The van der Waals surface area contributed by atoms with Gasteiger partial charge < -0.3 is 10.4 Å². The maximum absolute atomic E-state index is 14.0. The van der Waals surface area contributed by atoms with E-state index in [0.29, 0.717) is 30.2 Å². The summed E-state index contributed by atoms with van der Waals surface area (Å²) >= 11 is 0. The molecule has 0 aromatic heterocycles. The van der Waals surface area contributed by atoms with Crippen LogP contribution in [0.25, 0.3) is 16.0 Å². The van der Waals surface area contributed by atoms with Crippen molar-refractivity contribution in [1.82, 2.24) is 10.6 Å². The second kappa shape index (κ2) is 6.61. The molecule has 2 aromatic rings. The Morgan fingerprint density at radius 3 is 2.88 bits per heavy atom. The van der Waals surface area contributed by atoms with Gasteiger partial charge in [0.1, 0.15) is 11.6 Å². The minimum atomic E-state index is -0.616. The van der Waals surface area contributed by atoms with E-state index in [0.717, 1.165) is 0 Å². The third kappa shape index (κ3) is 3.02. The number of guanidine groups is 1. The second-order valence-electron chi connectivity index (χ2n) is 5.49. The maximum atomic E-state index is 14.0. The zero-order valence-electron chi connectivity index (χ0n) is 13.4. The summed E-state index contributed by atoms with van der Waals surface area (Å²) < 4.78 is 14.0. The molecule has 0 unspecified atom stereocenters. The van der Waals surface area contributed by atoms with Crippen molar-refractivity contribution in [2.45, 2.75) is 6.92 Å². The van der Waals surface area contributed by atoms with Crippen LogP contribution in [0.15, 0.2) is 35.3 Å². The summed E-state index contributed by atoms with van der Waals surface area (Å²) in [7, 11) is 0. The fourth-order valence-corrected chi connectivity index (χ4v) is 2.71. The average Bonchev–Trinajstić information content (AvgIpc) is 3.10. The van der Waals surface area contributed by atoms with Crippen molar-refractivity contribution in [2.24, 2.45) is 4.99 Å². The number of phenols is 1. The van der Waals surface area contributed by atoms with Gasteiger partial charge in [-0.3, -0.25) is 15.1 Å². The Balaban J connectivity index is 2.19. The molecule has 0 bridgehead atoms. The number of hydrogen-bond donors (Lipinski definition) is 3. The van der Waals surface area contributed by atoms with Crippen LogP contribution in [0.3, 0.4) is 0 Å². The SMILES string of the molecule is [C-]#[N+]c1ccc(O)c(C(=O)NC2=NCCN2)c1-c1cccc(F)c1C. The van der Waals surface area contributed by atoms with Crippen LogP contribution in [0.5, 0.6) is 5.75 Å². The smallest absolute Gasteiger partial charge is 0.261 e. The van der Waals surface area contributed by atoms with E-state index in [4.69, 9.17) is 6.57 Å². The monoisotopic (exact) mass is 338 g/mol. The molecule has 0 spiro atoms. The standard InChI is InChI=1S/C18H15FN4O2/c1-10-11(4-3-5-12(10)19)15-13(20-2)6-7-14(24)16(15)17(25)23-18-21-8-9-22-18/h3-7,24H,8-9H2,1H3,(H2,21,22,23,25). The van der Waals surface area contributed by atoms with Gasteiger partial charge in [0, 0.05) is 12.1 Å². The summed E-state index contributed by atoms with van der Waals surface area (Å²) in [5.41, 5.74) is 0.941. The first kappa shape index (κ1) is 16.5. The van der Waals surface area contributed by atoms with E-state index in [1.165, 1.54) is 24.3 Å². The largest absolute Gasteiger partial charge is 0.507 e. The van der Waals surface area contributed by atoms with Gasteiger partial charge in [0.05, 0.1) is 18.7 Å². The van der Waals surface area contributed by atoms with Crippen molar-refractivity contribution in [1.29, 1.82) is 0 Å². The lowest BCUT2D eigenvalue weighted by Crippen LogP contribution is -2.38. The molecular formula is C18H15FN4O2. The number of aromatic hydroxyl groups is 1. The molecule has 3 rings (SSSR count). The lowest BCUT2D eigenvalue weighted by Gasteiger charge is -2.16. The Bertz CT molecular complexity index is 931. The zero-order valence-corrected chi connectivity index (χ0v) is 13.4. The number of nitrogens with one attached hydrogen (secondary N) is 2. The van der Waals surface area contributed by atoms with Crippen LogP contribution < -0.4 is 10.6 Å². The molecule has 0 radical (unpaired) electrons. The number of rotatable bonds is 2. The Morgan fingerprint density at radius 2 is 2.20 bits per heavy atom. The minimum absolute atomic E-state index is 0.0846. The predicted octanol–water partition coefficient (Wildman–Crippen LogP) is 2.75. The first-order valence-corrected chi connectivity index (χ1v) is 7.61. The normalized spacial score (nSPS) is 12.9. The van der Waals surface area contributed by atoms with Crippen LogP contribution in [-0.2, 0) is 0 Å². The topological polar surface area (TPSA) is 78.1 Å². The fraction of sp³-hybridized carbons (Fsp3) is 0.167. The average molecular weight is 338 g/mol. The molecule has 3 N–H and O–H groups in total. The fourth-order valence-electron chi connectivity index (χ4n) is 2.71. The van der Waals surface area contributed by atoms with Crippen LogP contribution in [0, 0.1) is 19.3 Å². The van der Waals surface area contributed by atoms with E-state index in [1.807, 2.05) is 0 Å². The molecule has 0 atom stereocenters. The highest BCUT2D eigenvalue weighted by Crippen LogP contribution is 2.40. The summed E-state index contributed by atoms with van der Waals surface area (Å²) in [6.45, 7) is 10.1. The molecule has 2 aromatic carbocycles. The van der Waals surface area contributed by atoms with Gasteiger partial charge in [0.25, 0.3) is 5.91 Å². The number of halogens is 1. The molecule has 25 heavy (non-hydrogen) atoms. The molecule has 126 valence electrons. The molecule has 1 heterocycles. The van der Waals surface area contributed by atoms with E-state index >= 15 is 0 Å². The minimum Gasteiger partial charge on any atom is -0.507 e. The van der Waals surface area contributed by atoms with E-state index in [9.17, 15) is 14.3 Å². The number of carbonyl (C=O) groups is 1. The van der Waals surface area contributed by atoms with Gasteiger partial charge in [0.15, 0.2) is 11.6 Å². The number of aliphatic imine (C=N–C) groups is 1. The number of hydrogen-bond acceptors (Lipinski definition) is 4. The molecule has 0 aliphatic carbocycles. The molecule has 7 heteroatoms. The van der Waals surface area contributed by atoms with Gasteiger partial charge in [-0.15, -0.1) is 0 Å². The van der Waals surface area contributed by atoms with Crippen LogP contribution in [-0.4, -0.2) is 30.1 Å². The second-order valence-corrected chi connectivity index (χ2v) is 5.49. The lowest BCUT2D eigenvalue weighted by atomic mass is 9.93. The molecule has 1 amide bonds. The quantitative estimate of drug-likeness (QED) is 0.737. The Labute approximate surface area is 143 Å². The molecule has 6 nitrogen and oxygen atoms in total. The van der Waals surface area contributed by atoms with Crippen LogP contribution >= 0.6 is 0 Å². The Hall–Kier alpha value is -3.40. The van der Waals surface area contributed by atoms with Crippen molar-refractivity contribution < 1.29 is 14.3 Å². The van der Waals surface area contributed by atoms with E-state index in [2.05, 4.69) is 20.5 Å². The molecular weight excluding hydrogens is 323 g/mol. The van der Waals surface area contributed by atoms with Gasteiger partial charge in [0.2, 0.25) is 0 Å². The van der Waals surface area contributed by atoms with Crippen molar-refractivity contribution in [2.75, 3.05) is 13.1 Å². The summed E-state index contributed by atoms with van der Waals surface area (Å²) in [6, 6.07) is 7.11. The van der Waals surface area contributed by atoms with Gasteiger partial charge in [-0.2, -0.15) is 0 Å². The van der Waals surface area contributed by atoms with E-state index in [1.54, 1.807) is 13.0 Å². The first-order chi connectivity index (χ1) is 12.0. The van der Waals surface area contributed by atoms with E-state index in [-0.39, 0.29) is 22.6 Å². The third-order valence-electron chi connectivity index (χ3n) is 3.95. The van der Waals surface area contributed by atoms with Crippen LogP contribution in [0.4, 0.5) is 10.1 Å². The van der Waals surface area contributed by atoms with Gasteiger partial charge in [-0.1, -0.05) is 18.2 Å². The van der Waals surface area contributed by atoms with Crippen molar-refractivity contribution in [3.63, 3.8) is 0 Å². The lowest BCUT2D eigenvalue weighted by molar-refractivity contribution is 0.0974. The van der Waals surface area contributed by atoms with Crippen LogP contribution in [0.1, 0.15) is 15.9 Å². The number of phenolic OH excluding ortho intramolecular Hbond substituents is 1. The van der Waals surface area contributed by atoms with Crippen molar-refractivity contribution >= 4 is 17.6 Å². The molecule has 1 aliphatic heterocycles. The third-order valence-corrected chi connectivity index (χ3v) is 3.95. The number of nitrogens with zero attached hydrogens (tertiary/aromatic N) is 2. The first-order valence-electron chi connectivity index (χ1n) is 7.61. The molecule has 1 aliphatic rings. The highest BCUT2D eigenvalue weighted by Gasteiger charge is 2.24. The highest BCUT2D eigenvalue weighted by atomic mass is 19.1. The van der Waals surface area contributed by atoms with Gasteiger partial charge >= 0.3 is 0 Å². The molecule has 0 saturated heterocycles. The molecule has 0 fully saturated rings. The van der Waals surface area contributed by atoms with Crippen molar-refractivity contribution in [3.8, 4) is 16.9 Å². The Morgan fingerprint density at radius 1 is 1.40 bits per heavy atom. The molecule has 0 saturated carbocycles. The Kier molecular flexibility index (Phi) is 4.35. The summed E-state index contributed by atoms with van der Waals surface area (Å²) in [5.74, 6) is -1.05. The highest BCUT2D eigenvalue weighted by molar-refractivity contribution is 6.13. The predicted molar refractivity (Wildman–Crippen MR) is 92.3 cm³/mol. The summed E-state index contributed by atoms with van der Waals surface area (Å²) in [6.07, 6.45) is 0.